The van der Waals surface area contributed by atoms with Gasteiger partial charge in [0.05, 0.1) is 10.6 Å². The number of likely N-dealkylation sites (tertiary alicyclic amines) is 1. The lowest BCUT2D eigenvalue weighted by Crippen LogP contribution is -2.42. The smallest absolute Gasteiger partial charge is 0.226 e. The van der Waals surface area contributed by atoms with Crippen molar-refractivity contribution >= 4 is 15.7 Å². The number of nitrogens with zero attached hydrogens (tertiary/aromatic N) is 1. The zero-order chi connectivity index (χ0) is 17.3. The van der Waals surface area contributed by atoms with E-state index in [1.54, 1.807) is 11.8 Å². The van der Waals surface area contributed by atoms with E-state index in [0.717, 1.165) is 31.4 Å². The van der Waals surface area contributed by atoms with Crippen LogP contribution in [-0.2, 0) is 14.6 Å². The molecular weight excluding hydrogens is 331 g/mol. The minimum atomic E-state index is -3.61. The fourth-order valence-electron chi connectivity index (χ4n) is 3.59. The number of benzene rings is 1. The van der Waals surface area contributed by atoms with Crippen LogP contribution >= 0.6 is 0 Å². The van der Waals surface area contributed by atoms with Gasteiger partial charge in [0.15, 0.2) is 9.84 Å². The summed E-state index contributed by atoms with van der Waals surface area (Å²) in [4.78, 5) is 14.5. The highest BCUT2D eigenvalue weighted by atomic mass is 32.2. The van der Waals surface area contributed by atoms with E-state index in [9.17, 15) is 17.6 Å². The van der Waals surface area contributed by atoms with Gasteiger partial charge in [-0.05, 0) is 43.5 Å². The maximum absolute atomic E-state index is 13.0. The molecule has 2 heterocycles. The first-order chi connectivity index (χ1) is 11.3. The van der Waals surface area contributed by atoms with Gasteiger partial charge in [0.1, 0.15) is 5.82 Å². The number of carbonyl (C=O) groups excluding carboxylic acids is 1. The van der Waals surface area contributed by atoms with Crippen molar-refractivity contribution in [3.05, 3.63) is 30.1 Å². The van der Waals surface area contributed by atoms with Gasteiger partial charge in [-0.15, -0.1) is 0 Å². The van der Waals surface area contributed by atoms with Crippen molar-refractivity contribution in [1.82, 2.24) is 10.2 Å². The highest BCUT2D eigenvalue weighted by molar-refractivity contribution is 7.91. The molecule has 5 nitrogen and oxygen atoms in total. The summed E-state index contributed by atoms with van der Waals surface area (Å²) in [5.41, 5.74) is 0. The van der Waals surface area contributed by atoms with Gasteiger partial charge in [0.25, 0.3) is 0 Å². The van der Waals surface area contributed by atoms with Crippen molar-refractivity contribution in [3.63, 3.8) is 0 Å². The Morgan fingerprint density at radius 1 is 1.25 bits per heavy atom. The molecule has 132 valence electrons. The predicted octanol–water partition coefficient (Wildman–Crippen LogP) is 1.59. The summed E-state index contributed by atoms with van der Waals surface area (Å²) in [5, 5.41) is 3.51. The molecule has 24 heavy (non-hydrogen) atoms. The lowest BCUT2D eigenvalue weighted by Gasteiger charge is -2.27. The Hall–Kier alpha value is -1.47. The molecule has 0 saturated carbocycles. The van der Waals surface area contributed by atoms with Crippen LogP contribution < -0.4 is 5.32 Å². The number of rotatable bonds is 4. The van der Waals surface area contributed by atoms with Crippen molar-refractivity contribution in [2.75, 3.05) is 18.8 Å². The summed E-state index contributed by atoms with van der Waals surface area (Å²) in [6.45, 7) is 2.98. The Bertz CT molecular complexity index is 705. The highest BCUT2D eigenvalue weighted by Gasteiger charge is 2.33. The largest absolute Gasteiger partial charge is 0.341 e. The number of fused-ring (bicyclic) bond motifs is 2. The third-order valence-corrected chi connectivity index (χ3v) is 6.83. The molecule has 1 aromatic carbocycles. The normalized spacial score (nSPS) is 25.3. The van der Waals surface area contributed by atoms with E-state index in [1.165, 1.54) is 12.1 Å². The second-order valence-corrected chi connectivity index (χ2v) is 8.88. The Balaban J connectivity index is 1.66. The number of halogens is 1. The monoisotopic (exact) mass is 354 g/mol. The second kappa shape index (κ2) is 6.80. The SMILES string of the molecule is CC(CS(=O)(=O)c1ccc(F)cc1)C(=O)N1CCC2CCC(C1)N2. The molecule has 2 saturated heterocycles. The van der Waals surface area contributed by atoms with Crippen LogP contribution in [0.2, 0.25) is 0 Å². The van der Waals surface area contributed by atoms with E-state index in [4.69, 9.17) is 0 Å². The molecule has 7 heteroatoms. The Morgan fingerprint density at radius 3 is 2.62 bits per heavy atom. The molecular formula is C17H23FN2O3S. The number of carbonyl (C=O) groups is 1. The van der Waals surface area contributed by atoms with Gasteiger partial charge in [-0.25, -0.2) is 12.8 Å². The molecule has 2 bridgehead atoms. The average Bonchev–Trinajstić information content (AvgIpc) is 2.86. The van der Waals surface area contributed by atoms with Crippen LogP contribution in [0.1, 0.15) is 26.2 Å². The van der Waals surface area contributed by atoms with E-state index in [1.807, 2.05) is 0 Å². The van der Waals surface area contributed by atoms with Crippen LogP contribution in [0.4, 0.5) is 4.39 Å². The zero-order valence-electron chi connectivity index (χ0n) is 13.7. The molecule has 0 radical (unpaired) electrons. The van der Waals surface area contributed by atoms with E-state index < -0.39 is 21.6 Å². The van der Waals surface area contributed by atoms with Crippen LogP contribution in [0.3, 0.4) is 0 Å². The molecule has 3 atom stereocenters. The molecule has 3 unspecified atom stereocenters. The number of amides is 1. The van der Waals surface area contributed by atoms with E-state index in [0.29, 0.717) is 25.2 Å². The van der Waals surface area contributed by atoms with Crippen molar-refractivity contribution in [2.24, 2.45) is 5.92 Å². The molecule has 1 amide bonds. The summed E-state index contributed by atoms with van der Waals surface area (Å²) in [6.07, 6.45) is 3.14. The topological polar surface area (TPSA) is 66.5 Å². The van der Waals surface area contributed by atoms with Crippen molar-refractivity contribution in [3.8, 4) is 0 Å². The molecule has 0 aromatic heterocycles. The number of nitrogens with one attached hydrogen (secondary N) is 1. The van der Waals surface area contributed by atoms with Gasteiger partial charge in [-0.1, -0.05) is 6.92 Å². The van der Waals surface area contributed by atoms with Crippen molar-refractivity contribution < 1.29 is 17.6 Å². The molecule has 2 fully saturated rings. The molecule has 3 rings (SSSR count). The highest BCUT2D eigenvalue weighted by Crippen LogP contribution is 2.22. The number of hydrogen-bond donors (Lipinski definition) is 1. The van der Waals surface area contributed by atoms with Gasteiger partial charge in [-0.3, -0.25) is 4.79 Å². The molecule has 2 aliphatic heterocycles. The first-order valence-corrected chi connectivity index (χ1v) is 10.0. The first-order valence-electron chi connectivity index (χ1n) is 8.38. The van der Waals surface area contributed by atoms with Crippen LogP contribution in [0.5, 0.6) is 0 Å². The third-order valence-electron chi connectivity index (χ3n) is 4.90. The van der Waals surface area contributed by atoms with Crippen molar-refractivity contribution in [2.45, 2.75) is 43.2 Å². The van der Waals surface area contributed by atoms with Crippen LogP contribution in [-0.4, -0.2) is 50.2 Å². The number of sulfone groups is 1. The quantitative estimate of drug-likeness (QED) is 0.834. The summed E-state index contributed by atoms with van der Waals surface area (Å²) >= 11 is 0. The molecule has 1 aromatic rings. The fourth-order valence-corrected chi connectivity index (χ4v) is 5.14. The number of hydrogen-bond acceptors (Lipinski definition) is 4. The summed E-state index contributed by atoms with van der Waals surface area (Å²) in [5.74, 6) is -1.47. The van der Waals surface area contributed by atoms with Crippen LogP contribution in [0, 0.1) is 11.7 Å². The zero-order valence-corrected chi connectivity index (χ0v) is 14.6. The summed E-state index contributed by atoms with van der Waals surface area (Å²) < 4.78 is 37.8. The lowest BCUT2D eigenvalue weighted by atomic mass is 10.1. The fraction of sp³-hybridized carbons (Fsp3) is 0.588. The molecule has 0 spiro atoms. The second-order valence-electron chi connectivity index (χ2n) is 6.85. The Labute approximate surface area is 142 Å². The van der Waals surface area contributed by atoms with E-state index >= 15 is 0 Å². The van der Waals surface area contributed by atoms with Crippen LogP contribution in [0.25, 0.3) is 0 Å². The summed E-state index contributed by atoms with van der Waals surface area (Å²) in [6, 6.07) is 5.54. The van der Waals surface area contributed by atoms with Gasteiger partial charge < -0.3 is 10.2 Å². The van der Waals surface area contributed by atoms with Gasteiger partial charge in [0, 0.05) is 31.1 Å². The molecule has 0 aliphatic carbocycles. The standard InChI is InChI=1S/C17H23FN2O3S/c1-12(11-24(22,23)16-6-2-13(18)3-7-16)17(21)20-9-8-14-4-5-15(10-20)19-14/h2-3,6-7,12,14-15,19H,4-5,8-11H2,1H3. The first kappa shape index (κ1) is 17.4. The van der Waals surface area contributed by atoms with Gasteiger partial charge >= 0.3 is 0 Å². The van der Waals surface area contributed by atoms with E-state index in [2.05, 4.69) is 5.32 Å². The van der Waals surface area contributed by atoms with Gasteiger partial charge in [-0.2, -0.15) is 0 Å². The minimum absolute atomic E-state index is 0.0557. The third kappa shape index (κ3) is 3.78. The Kier molecular flexibility index (Phi) is 4.92. The van der Waals surface area contributed by atoms with Crippen molar-refractivity contribution in [1.29, 1.82) is 0 Å². The minimum Gasteiger partial charge on any atom is -0.341 e. The van der Waals surface area contributed by atoms with Crippen LogP contribution in [0.15, 0.2) is 29.2 Å². The lowest BCUT2D eigenvalue weighted by molar-refractivity contribution is -0.134. The predicted molar refractivity (Wildman–Crippen MR) is 88.8 cm³/mol. The maximum atomic E-state index is 13.0. The van der Waals surface area contributed by atoms with Gasteiger partial charge in [0.2, 0.25) is 5.91 Å². The Morgan fingerprint density at radius 2 is 1.92 bits per heavy atom. The average molecular weight is 354 g/mol. The molecule has 1 N–H and O–H groups in total. The molecule has 2 aliphatic rings. The summed E-state index contributed by atoms with van der Waals surface area (Å²) in [7, 11) is -3.61. The maximum Gasteiger partial charge on any atom is 0.226 e. The van der Waals surface area contributed by atoms with E-state index in [-0.39, 0.29) is 16.6 Å².